The third-order valence-corrected chi connectivity index (χ3v) is 3.18. The number of methoxy groups -OCH3 is 1. The fourth-order valence-corrected chi connectivity index (χ4v) is 2.20. The molecule has 0 unspecified atom stereocenters. The Hall–Kier alpha value is -2.97. The van der Waals surface area contributed by atoms with Crippen LogP contribution in [0.2, 0.25) is 0 Å². The largest absolute Gasteiger partial charge is 0.479 e. The molecule has 2 heterocycles. The van der Waals surface area contributed by atoms with E-state index in [-0.39, 0.29) is 29.8 Å². The van der Waals surface area contributed by atoms with E-state index >= 15 is 0 Å². The Morgan fingerprint density at radius 1 is 1.29 bits per heavy atom. The van der Waals surface area contributed by atoms with Crippen LogP contribution in [0.5, 0.6) is 5.88 Å². The molecular formula is C15H20N6O3. The Morgan fingerprint density at radius 2 is 1.92 bits per heavy atom. The summed E-state index contributed by atoms with van der Waals surface area (Å²) in [5.74, 6) is -0.320. The van der Waals surface area contributed by atoms with Crippen LogP contribution < -0.4 is 10.1 Å². The Balaban J connectivity index is 2.04. The summed E-state index contributed by atoms with van der Waals surface area (Å²) >= 11 is 0. The van der Waals surface area contributed by atoms with Crippen LogP contribution in [-0.4, -0.2) is 57.2 Å². The molecule has 0 radical (unpaired) electrons. The van der Waals surface area contributed by atoms with E-state index in [1.807, 2.05) is 13.8 Å². The van der Waals surface area contributed by atoms with E-state index in [1.54, 1.807) is 19.3 Å². The number of carbonyl (C=O) groups is 2. The van der Waals surface area contributed by atoms with Crippen LogP contribution in [0, 0.1) is 13.8 Å². The molecule has 0 aromatic carbocycles. The summed E-state index contributed by atoms with van der Waals surface area (Å²) in [4.78, 5) is 34.1. The molecule has 128 valence electrons. The number of anilines is 1. The molecular weight excluding hydrogens is 312 g/mol. The Labute approximate surface area is 139 Å². The first kappa shape index (κ1) is 17.4. The number of amides is 2. The SMILES string of the molecule is COc1nn(C)cc1C(=O)N(C)CC(=O)Nc1nc(C)cc(C)n1. The van der Waals surface area contributed by atoms with Crippen LogP contribution in [0.1, 0.15) is 21.7 Å². The molecule has 1 N–H and O–H groups in total. The van der Waals surface area contributed by atoms with Gasteiger partial charge >= 0.3 is 0 Å². The lowest BCUT2D eigenvalue weighted by Crippen LogP contribution is -2.35. The van der Waals surface area contributed by atoms with Gasteiger partial charge in [-0.05, 0) is 19.9 Å². The molecule has 0 spiro atoms. The molecule has 0 atom stereocenters. The van der Waals surface area contributed by atoms with Gasteiger partial charge in [-0.3, -0.25) is 19.6 Å². The molecule has 2 aromatic rings. The second-order valence-electron chi connectivity index (χ2n) is 5.41. The van der Waals surface area contributed by atoms with Crippen molar-refractivity contribution in [2.45, 2.75) is 13.8 Å². The molecule has 0 aliphatic rings. The summed E-state index contributed by atoms with van der Waals surface area (Å²) in [6, 6.07) is 1.81. The highest BCUT2D eigenvalue weighted by molar-refractivity contribution is 5.99. The molecule has 9 heteroatoms. The number of hydrogen-bond acceptors (Lipinski definition) is 6. The number of carbonyl (C=O) groups excluding carboxylic acids is 2. The number of ether oxygens (including phenoxy) is 1. The molecule has 0 aliphatic heterocycles. The van der Waals surface area contributed by atoms with Crippen LogP contribution in [0.4, 0.5) is 5.95 Å². The van der Waals surface area contributed by atoms with Crippen molar-refractivity contribution < 1.29 is 14.3 Å². The summed E-state index contributed by atoms with van der Waals surface area (Å²) in [6.07, 6.45) is 1.54. The van der Waals surface area contributed by atoms with Gasteiger partial charge in [0.1, 0.15) is 5.56 Å². The van der Waals surface area contributed by atoms with E-state index in [9.17, 15) is 9.59 Å². The molecule has 0 saturated heterocycles. The molecule has 24 heavy (non-hydrogen) atoms. The Kier molecular flexibility index (Phi) is 5.12. The topological polar surface area (TPSA) is 102 Å². The number of rotatable bonds is 5. The van der Waals surface area contributed by atoms with Crippen LogP contribution in [0.25, 0.3) is 0 Å². The van der Waals surface area contributed by atoms with Crippen molar-refractivity contribution in [3.8, 4) is 5.88 Å². The van der Waals surface area contributed by atoms with Gasteiger partial charge in [0.05, 0.1) is 13.7 Å². The monoisotopic (exact) mass is 332 g/mol. The lowest BCUT2D eigenvalue weighted by molar-refractivity contribution is -0.116. The third-order valence-electron chi connectivity index (χ3n) is 3.18. The van der Waals surface area contributed by atoms with Gasteiger partial charge in [-0.2, -0.15) is 0 Å². The summed E-state index contributed by atoms with van der Waals surface area (Å²) in [6.45, 7) is 3.48. The van der Waals surface area contributed by atoms with Crippen LogP contribution >= 0.6 is 0 Å². The number of aromatic nitrogens is 4. The molecule has 0 aliphatic carbocycles. The first-order valence-electron chi connectivity index (χ1n) is 7.25. The van der Waals surface area contributed by atoms with Gasteiger partial charge in [-0.15, -0.1) is 5.10 Å². The van der Waals surface area contributed by atoms with Crippen molar-refractivity contribution in [1.82, 2.24) is 24.6 Å². The number of hydrogen-bond donors (Lipinski definition) is 1. The standard InChI is InChI=1S/C15H20N6O3/c1-9-6-10(2)17-15(16-9)18-12(22)8-20(3)14(23)11-7-21(4)19-13(11)24-5/h6-7H,8H2,1-5H3,(H,16,17,18,22). The molecule has 2 rings (SSSR count). The van der Waals surface area contributed by atoms with Crippen molar-refractivity contribution in [3.05, 3.63) is 29.2 Å². The predicted octanol–water partition coefficient (Wildman–Crippen LogP) is 0.546. The lowest BCUT2D eigenvalue weighted by atomic mass is 10.3. The molecule has 2 amide bonds. The molecule has 0 bridgehead atoms. The van der Waals surface area contributed by atoms with Crippen LogP contribution in [0.15, 0.2) is 12.3 Å². The number of nitrogens with zero attached hydrogens (tertiary/aromatic N) is 5. The summed E-state index contributed by atoms with van der Waals surface area (Å²) in [5, 5.41) is 6.61. The minimum Gasteiger partial charge on any atom is -0.479 e. The molecule has 0 saturated carbocycles. The van der Waals surface area contributed by atoms with Gasteiger partial charge in [0.15, 0.2) is 0 Å². The maximum absolute atomic E-state index is 12.4. The average molecular weight is 332 g/mol. The maximum Gasteiger partial charge on any atom is 0.261 e. The Morgan fingerprint density at radius 3 is 2.50 bits per heavy atom. The normalized spacial score (nSPS) is 10.4. The highest BCUT2D eigenvalue weighted by Gasteiger charge is 2.22. The average Bonchev–Trinajstić information content (AvgIpc) is 2.86. The minimum atomic E-state index is -0.390. The van der Waals surface area contributed by atoms with Gasteiger partial charge in [0.2, 0.25) is 17.7 Å². The first-order chi connectivity index (χ1) is 11.3. The zero-order valence-corrected chi connectivity index (χ0v) is 14.3. The van der Waals surface area contributed by atoms with E-state index in [0.29, 0.717) is 0 Å². The minimum absolute atomic E-state index is 0.146. The van der Waals surface area contributed by atoms with Gasteiger partial charge in [-0.25, -0.2) is 9.97 Å². The number of aryl methyl sites for hydroxylation is 3. The zero-order chi connectivity index (χ0) is 17.9. The van der Waals surface area contributed by atoms with E-state index in [2.05, 4.69) is 20.4 Å². The fourth-order valence-electron chi connectivity index (χ4n) is 2.20. The lowest BCUT2D eigenvalue weighted by Gasteiger charge is -2.16. The molecule has 2 aromatic heterocycles. The molecule has 9 nitrogen and oxygen atoms in total. The zero-order valence-electron chi connectivity index (χ0n) is 14.3. The van der Waals surface area contributed by atoms with Crippen molar-refractivity contribution >= 4 is 17.8 Å². The van der Waals surface area contributed by atoms with Gasteiger partial charge in [-0.1, -0.05) is 0 Å². The predicted molar refractivity (Wildman–Crippen MR) is 86.9 cm³/mol. The fraction of sp³-hybridized carbons (Fsp3) is 0.400. The second-order valence-corrected chi connectivity index (χ2v) is 5.41. The number of nitrogens with one attached hydrogen (secondary N) is 1. The second kappa shape index (κ2) is 7.07. The van der Waals surface area contributed by atoms with Gasteiger partial charge in [0.25, 0.3) is 5.91 Å². The molecule has 0 fully saturated rings. The van der Waals surface area contributed by atoms with Crippen molar-refractivity contribution in [3.63, 3.8) is 0 Å². The summed E-state index contributed by atoms with van der Waals surface area (Å²) < 4.78 is 6.54. The van der Waals surface area contributed by atoms with Crippen molar-refractivity contribution in [2.75, 3.05) is 26.0 Å². The number of likely N-dealkylation sites (N-methyl/N-ethyl adjacent to an activating group) is 1. The Bertz CT molecular complexity index is 750. The third kappa shape index (κ3) is 4.06. The first-order valence-corrected chi connectivity index (χ1v) is 7.25. The smallest absolute Gasteiger partial charge is 0.261 e. The quantitative estimate of drug-likeness (QED) is 0.857. The summed E-state index contributed by atoms with van der Waals surface area (Å²) in [7, 11) is 4.64. The van der Waals surface area contributed by atoms with Crippen LogP contribution in [0.3, 0.4) is 0 Å². The van der Waals surface area contributed by atoms with E-state index in [0.717, 1.165) is 11.4 Å². The van der Waals surface area contributed by atoms with Gasteiger partial charge in [0, 0.05) is 31.7 Å². The van der Waals surface area contributed by atoms with Gasteiger partial charge < -0.3 is 9.64 Å². The van der Waals surface area contributed by atoms with E-state index < -0.39 is 5.91 Å². The highest BCUT2D eigenvalue weighted by Crippen LogP contribution is 2.16. The van der Waals surface area contributed by atoms with E-state index in [1.165, 1.54) is 23.7 Å². The van der Waals surface area contributed by atoms with Crippen molar-refractivity contribution in [1.29, 1.82) is 0 Å². The van der Waals surface area contributed by atoms with Crippen molar-refractivity contribution in [2.24, 2.45) is 7.05 Å². The van der Waals surface area contributed by atoms with E-state index in [4.69, 9.17) is 4.74 Å². The summed E-state index contributed by atoms with van der Waals surface area (Å²) in [5.41, 5.74) is 1.79. The van der Waals surface area contributed by atoms with Crippen LogP contribution in [-0.2, 0) is 11.8 Å². The highest BCUT2D eigenvalue weighted by atomic mass is 16.5. The maximum atomic E-state index is 12.4.